The van der Waals surface area contributed by atoms with Crippen LogP contribution in [-0.4, -0.2) is 73.4 Å². The molecule has 0 spiro atoms. The smallest absolute Gasteiger partial charge is 0.464 e. The second-order valence-corrected chi connectivity index (χ2v) is 10.5. The molecule has 2 aromatic rings. The number of para-hydroxylation sites is 1. The molecule has 1 fully saturated rings. The van der Waals surface area contributed by atoms with Crippen LogP contribution in [0.1, 0.15) is 42.6 Å². The van der Waals surface area contributed by atoms with Crippen LogP contribution in [0.5, 0.6) is 5.75 Å². The van der Waals surface area contributed by atoms with Gasteiger partial charge in [0, 0.05) is 26.2 Å². The zero-order chi connectivity index (χ0) is 27.4. The summed E-state index contributed by atoms with van der Waals surface area (Å²) in [6, 6.07) is 5.22. The van der Waals surface area contributed by atoms with Crippen LogP contribution in [0.25, 0.3) is 10.6 Å². The molecule has 1 N–H and O–H groups in total. The number of methoxy groups -OCH3 is 2. The number of rotatable bonds is 8. The number of ether oxygens (including phenoxy) is 4. The molecule has 0 bridgehead atoms. The van der Waals surface area contributed by atoms with E-state index in [0.717, 1.165) is 11.3 Å². The number of likely N-dealkylation sites (tertiary alicyclic amines) is 1. The van der Waals surface area contributed by atoms with Crippen LogP contribution in [-0.2, 0) is 20.8 Å². The first-order valence-corrected chi connectivity index (χ1v) is 12.3. The number of thiazole rings is 1. The second-order valence-electron chi connectivity index (χ2n) is 9.38. The number of esters is 1. The molecule has 1 aliphatic heterocycles. The van der Waals surface area contributed by atoms with Gasteiger partial charge in [0.05, 0.1) is 30.2 Å². The van der Waals surface area contributed by atoms with Crippen LogP contribution >= 0.6 is 11.3 Å². The molecule has 1 aromatic heterocycles. The molecular weight excluding hydrogens is 515 g/mol. The Labute approximate surface area is 216 Å². The highest BCUT2D eigenvalue weighted by Crippen LogP contribution is 2.37. The zero-order valence-corrected chi connectivity index (χ0v) is 22.0. The van der Waals surface area contributed by atoms with Gasteiger partial charge in [-0.05, 0) is 39.3 Å². The number of hydrogen-bond donors (Lipinski definition) is 1. The summed E-state index contributed by atoms with van der Waals surface area (Å²) in [6.07, 6.45) is -4.76. The Balaban J connectivity index is 1.80. The highest BCUT2D eigenvalue weighted by atomic mass is 32.1. The number of nitrogens with zero attached hydrogens (tertiary/aromatic N) is 2. The van der Waals surface area contributed by atoms with Crippen molar-refractivity contribution in [1.82, 2.24) is 15.2 Å². The van der Waals surface area contributed by atoms with Gasteiger partial charge < -0.3 is 29.2 Å². The minimum atomic E-state index is -4.88. The highest BCUT2D eigenvalue weighted by molar-refractivity contribution is 7.15. The predicted octanol–water partition coefficient (Wildman–Crippen LogP) is 4.61. The van der Waals surface area contributed by atoms with Crippen molar-refractivity contribution in [2.75, 3.05) is 27.4 Å². The molecule has 9 nitrogen and oxygen atoms in total. The summed E-state index contributed by atoms with van der Waals surface area (Å²) in [5, 5.41) is 3.49. The van der Waals surface area contributed by atoms with Crippen molar-refractivity contribution >= 4 is 23.4 Å². The van der Waals surface area contributed by atoms with E-state index < -0.39 is 29.8 Å². The summed E-state index contributed by atoms with van der Waals surface area (Å²) >= 11 is 1.05. The van der Waals surface area contributed by atoms with Crippen molar-refractivity contribution in [3.63, 3.8) is 0 Å². The lowest BCUT2D eigenvalue weighted by Gasteiger charge is -2.28. The summed E-state index contributed by atoms with van der Waals surface area (Å²) in [6.45, 7) is 6.22. The van der Waals surface area contributed by atoms with Crippen molar-refractivity contribution in [2.24, 2.45) is 0 Å². The van der Waals surface area contributed by atoms with Gasteiger partial charge in [-0.2, -0.15) is 0 Å². The molecule has 2 heterocycles. The van der Waals surface area contributed by atoms with Crippen LogP contribution in [0.2, 0.25) is 0 Å². The first-order valence-electron chi connectivity index (χ1n) is 11.5. The molecule has 204 valence electrons. The maximum absolute atomic E-state index is 12.9. The lowest BCUT2D eigenvalue weighted by atomic mass is 10.2. The van der Waals surface area contributed by atoms with Crippen molar-refractivity contribution in [1.29, 1.82) is 0 Å². The standard InChI is InChI=1S/C24H30F3N3O6S/c1-23(2,3)36-22(32)30-12-14(10-15(30)13-33-4)28-11-18-19(21(31)34-5)29-20(37-18)16-8-6-7-9-17(16)35-24(25,26)27/h6-9,14-15,28H,10-13H2,1-5H3/t14-,15+/m1/s1. The molecule has 2 atom stereocenters. The van der Waals surface area contributed by atoms with E-state index in [4.69, 9.17) is 14.2 Å². The minimum absolute atomic E-state index is 0.00718. The van der Waals surface area contributed by atoms with E-state index in [9.17, 15) is 22.8 Å². The monoisotopic (exact) mass is 545 g/mol. The molecule has 1 amide bonds. The highest BCUT2D eigenvalue weighted by Gasteiger charge is 2.38. The fourth-order valence-corrected chi connectivity index (χ4v) is 4.93. The fraction of sp³-hybridized carbons (Fsp3) is 0.542. The largest absolute Gasteiger partial charge is 0.573 e. The van der Waals surface area contributed by atoms with Gasteiger partial charge in [0.1, 0.15) is 16.4 Å². The van der Waals surface area contributed by atoms with E-state index in [-0.39, 0.29) is 34.9 Å². The summed E-state index contributed by atoms with van der Waals surface area (Å²) in [5.41, 5.74) is -0.563. The van der Waals surface area contributed by atoms with E-state index in [2.05, 4.69) is 15.0 Å². The maximum atomic E-state index is 12.9. The molecule has 0 unspecified atom stereocenters. The molecule has 13 heteroatoms. The number of carbonyl (C=O) groups excluding carboxylic acids is 2. The van der Waals surface area contributed by atoms with Gasteiger partial charge in [0.2, 0.25) is 0 Å². The van der Waals surface area contributed by atoms with Gasteiger partial charge in [0.15, 0.2) is 5.69 Å². The number of hydrogen-bond acceptors (Lipinski definition) is 9. The van der Waals surface area contributed by atoms with Crippen LogP contribution in [0.15, 0.2) is 24.3 Å². The number of alkyl halides is 3. The number of halogens is 3. The Kier molecular flexibility index (Phi) is 9.03. The van der Waals surface area contributed by atoms with Crippen molar-refractivity contribution < 1.29 is 41.7 Å². The Morgan fingerprint density at radius 2 is 1.89 bits per heavy atom. The van der Waals surface area contributed by atoms with Gasteiger partial charge in [-0.25, -0.2) is 14.6 Å². The summed E-state index contributed by atoms with van der Waals surface area (Å²) in [5.74, 6) is -1.14. The number of nitrogens with one attached hydrogen (secondary N) is 1. The first kappa shape index (κ1) is 28.7. The lowest BCUT2D eigenvalue weighted by molar-refractivity contribution is -0.274. The van der Waals surface area contributed by atoms with E-state index in [0.29, 0.717) is 24.4 Å². The Hall–Kier alpha value is -2.90. The molecule has 3 rings (SSSR count). The van der Waals surface area contributed by atoms with Crippen LogP contribution < -0.4 is 10.1 Å². The first-order chi connectivity index (χ1) is 17.3. The molecule has 0 aliphatic carbocycles. The van der Waals surface area contributed by atoms with E-state index in [1.807, 2.05) is 0 Å². The molecule has 1 aromatic carbocycles. The lowest BCUT2D eigenvalue weighted by Crippen LogP contribution is -2.42. The Bertz CT molecular complexity index is 1100. The molecule has 1 aliphatic rings. The average Bonchev–Trinajstić information content (AvgIpc) is 3.40. The molecule has 0 saturated carbocycles. The van der Waals surface area contributed by atoms with Gasteiger partial charge in [-0.3, -0.25) is 0 Å². The molecule has 1 saturated heterocycles. The summed E-state index contributed by atoms with van der Waals surface area (Å²) in [4.78, 5) is 31.4. The Morgan fingerprint density at radius 3 is 2.51 bits per heavy atom. The van der Waals surface area contributed by atoms with Gasteiger partial charge in [0.25, 0.3) is 0 Å². The molecule has 0 radical (unpaired) electrons. The molecular formula is C24H30F3N3O6S. The van der Waals surface area contributed by atoms with Crippen molar-refractivity contribution in [2.45, 2.75) is 57.8 Å². The third-order valence-corrected chi connectivity index (χ3v) is 6.46. The van der Waals surface area contributed by atoms with E-state index in [1.54, 1.807) is 38.8 Å². The quantitative estimate of drug-likeness (QED) is 0.481. The zero-order valence-electron chi connectivity index (χ0n) is 21.2. The fourth-order valence-electron chi connectivity index (χ4n) is 3.90. The topological polar surface area (TPSA) is 99.2 Å². The number of aromatic nitrogens is 1. The number of carbonyl (C=O) groups is 2. The third kappa shape index (κ3) is 7.79. The Morgan fingerprint density at radius 1 is 1.19 bits per heavy atom. The SMILES string of the molecule is COC[C@@H]1C[C@@H](NCc2sc(-c3ccccc3OC(F)(F)F)nc2C(=O)OC)CN1C(=O)OC(C)(C)C. The molecule has 37 heavy (non-hydrogen) atoms. The van der Waals surface area contributed by atoms with Gasteiger partial charge >= 0.3 is 18.4 Å². The van der Waals surface area contributed by atoms with E-state index >= 15 is 0 Å². The van der Waals surface area contributed by atoms with E-state index in [1.165, 1.54) is 25.3 Å². The van der Waals surface area contributed by atoms with Crippen LogP contribution in [0.4, 0.5) is 18.0 Å². The number of benzene rings is 1. The summed E-state index contributed by atoms with van der Waals surface area (Å²) < 4.78 is 58.4. The van der Waals surface area contributed by atoms with Crippen LogP contribution in [0.3, 0.4) is 0 Å². The third-order valence-electron chi connectivity index (χ3n) is 5.37. The maximum Gasteiger partial charge on any atom is 0.573 e. The second kappa shape index (κ2) is 11.7. The predicted molar refractivity (Wildman–Crippen MR) is 129 cm³/mol. The number of amides is 1. The normalized spacial score (nSPS) is 18.1. The summed E-state index contributed by atoms with van der Waals surface area (Å²) in [7, 11) is 2.75. The van der Waals surface area contributed by atoms with Crippen LogP contribution in [0, 0.1) is 0 Å². The minimum Gasteiger partial charge on any atom is -0.464 e. The average molecular weight is 546 g/mol. The van der Waals surface area contributed by atoms with Crippen molar-refractivity contribution in [3.05, 3.63) is 34.8 Å². The van der Waals surface area contributed by atoms with Crippen molar-refractivity contribution in [3.8, 4) is 16.3 Å². The van der Waals surface area contributed by atoms with Gasteiger partial charge in [-0.15, -0.1) is 24.5 Å². The van der Waals surface area contributed by atoms with Gasteiger partial charge in [-0.1, -0.05) is 12.1 Å².